The van der Waals surface area contributed by atoms with E-state index in [0.29, 0.717) is 11.3 Å². The quantitative estimate of drug-likeness (QED) is 0.632. The second-order valence-electron chi connectivity index (χ2n) is 5.35. The lowest BCUT2D eigenvalue weighted by Gasteiger charge is -2.05. The Hall–Kier alpha value is -3.20. The van der Waals surface area contributed by atoms with Crippen molar-refractivity contribution in [2.24, 2.45) is 0 Å². The van der Waals surface area contributed by atoms with Crippen LogP contribution in [0.5, 0.6) is 0 Å². The summed E-state index contributed by atoms with van der Waals surface area (Å²) in [5.74, 6) is -0.851. The fourth-order valence-electron chi connectivity index (χ4n) is 2.19. The molecule has 0 spiro atoms. The molecule has 0 saturated heterocycles. The van der Waals surface area contributed by atoms with Gasteiger partial charge in [-0.1, -0.05) is 23.9 Å². The van der Waals surface area contributed by atoms with Crippen molar-refractivity contribution < 1.29 is 18.4 Å². The molecular weight excluding hydrogens is 371 g/mol. The van der Waals surface area contributed by atoms with Crippen molar-refractivity contribution in [2.75, 3.05) is 18.1 Å². The molecule has 0 aliphatic carbocycles. The predicted octanol–water partition coefficient (Wildman–Crippen LogP) is 2.97. The highest BCUT2D eigenvalue weighted by atomic mass is 32.2. The summed E-state index contributed by atoms with van der Waals surface area (Å²) in [6.45, 7) is 0. The number of rotatable bonds is 6. The number of hydrogen-bond acceptors (Lipinski definition) is 6. The van der Waals surface area contributed by atoms with E-state index < -0.39 is 5.82 Å². The SMILES string of the molecule is CNC(=O)c1ccc(NC(=O)CSc2nnc(-c3ccccc3F)o2)cc1. The first-order valence-electron chi connectivity index (χ1n) is 7.90. The summed E-state index contributed by atoms with van der Waals surface area (Å²) in [6, 6.07) is 12.6. The molecule has 0 aliphatic rings. The van der Waals surface area contributed by atoms with Gasteiger partial charge in [-0.05, 0) is 36.4 Å². The normalized spacial score (nSPS) is 10.4. The number of nitrogens with zero attached hydrogens (tertiary/aromatic N) is 2. The molecule has 0 radical (unpaired) electrons. The van der Waals surface area contributed by atoms with E-state index in [2.05, 4.69) is 20.8 Å². The van der Waals surface area contributed by atoms with E-state index in [9.17, 15) is 14.0 Å². The highest BCUT2D eigenvalue weighted by molar-refractivity contribution is 7.99. The molecule has 2 N–H and O–H groups in total. The van der Waals surface area contributed by atoms with Crippen molar-refractivity contribution in [1.29, 1.82) is 0 Å². The number of nitrogens with one attached hydrogen (secondary N) is 2. The molecule has 0 unspecified atom stereocenters. The van der Waals surface area contributed by atoms with E-state index >= 15 is 0 Å². The summed E-state index contributed by atoms with van der Waals surface area (Å²) in [6.07, 6.45) is 0. The number of carbonyl (C=O) groups excluding carboxylic acids is 2. The minimum atomic E-state index is -0.462. The van der Waals surface area contributed by atoms with Crippen LogP contribution in [0.15, 0.2) is 58.2 Å². The molecule has 0 fully saturated rings. The van der Waals surface area contributed by atoms with Gasteiger partial charge in [0.25, 0.3) is 17.0 Å². The van der Waals surface area contributed by atoms with Crippen LogP contribution in [0, 0.1) is 5.82 Å². The molecule has 7 nitrogen and oxygen atoms in total. The topological polar surface area (TPSA) is 97.1 Å². The Balaban J connectivity index is 1.55. The number of benzene rings is 2. The van der Waals surface area contributed by atoms with Crippen molar-refractivity contribution >= 4 is 29.3 Å². The predicted molar refractivity (Wildman–Crippen MR) is 98.9 cm³/mol. The van der Waals surface area contributed by atoms with E-state index in [1.165, 1.54) is 12.1 Å². The van der Waals surface area contributed by atoms with E-state index in [1.54, 1.807) is 43.4 Å². The van der Waals surface area contributed by atoms with Gasteiger partial charge in [-0.3, -0.25) is 9.59 Å². The molecule has 3 rings (SSSR count). The van der Waals surface area contributed by atoms with Crippen LogP contribution < -0.4 is 10.6 Å². The average molecular weight is 386 g/mol. The van der Waals surface area contributed by atoms with Crippen LogP contribution in [0.4, 0.5) is 10.1 Å². The highest BCUT2D eigenvalue weighted by Gasteiger charge is 2.14. The van der Waals surface area contributed by atoms with Gasteiger partial charge in [0, 0.05) is 18.3 Å². The lowest BCUT2D eigenvalue weighted by Crippen LogP contribution is -2.18. The maximum Gasteiger partial charge on any atom is 0.277 e. The summed E-state index contributed by atoms with van der Waals surface area (Å²) in [5.41, 5.74) is 1.26. The molecule has 1 heterocycles. The van der Waals surface area contributed by atoms with Gasteiger partial charge in [-0.25, -0.2) is 4.39 Å². The molecule has 0 atom stereocenters. The number of thioether (sulfide) groups is 1. The van der Waals surface area contributed by atoms with Crippen LogP contribution >= 0.6 is 11.8 Å². The van der Waals surface area contributed by atoms with Crippen molar-refractivity contribution in [2.45, 2.75) is 5.22 Å². The van der Waals surface area contributed by atoms with Crippen LogP contribution in [0.1, 0.15) is 10.4 Å². The summed E-state index contributed by atoms with van der Waals surface area (Å²) in [5, 5.41) is 13.0. The first-order chi connectivity index (χ1) is 13.1. The third kappa shape index (κ3) is 4.70. The summed E-state index contributed by atoms with van der Waals surface area (Å²) in [7, 11) is 1.55. The number of aromatic nitrogens is 2. The first kappa shape index (κ1) is 18.6. The van der Waals surface area contributed by atoms with Gasteiger partial charge in [0.1, 0.15) is 5.82 Å². The number of halogens is 1. The van der Waals surface area contributed by atoms with Gasteiger partial charge in [-0.2, -0.15) is 0 Å². The molecule has 2 amide bonds. The van der Waals surface area contributed by atoms with Crippen molar-refractivity contribution in [1.82, 2.24) is 15.5 Å². The second-order valence-corrected chi connectivity index (χ2v) is 6.27. The number of amides is 2. The zero-order valence-corrected chi connectivity index (χ0v) is 15.0. The molecule has 138 valence electrons. The fraction of sp³-hybridized carbons (Fsp3) is 0.111. The third-order valence-corrected chi connectivity index (χ3v) is 4.31. The third-order valence-electron chi connectivity index (χ3n) is 3.50. The van der Waals surface area contributed by atoms with Crippen molar-refractivity contribution in [3.05, 3.63) is 59.9 Å². The van der Waals surface area contributed by atoms with Gasteiger partial charge in [0.05, 0.1) is 11.3 Å². The molecule has 9 heteroatoms. The van der Waals surface area contributed by atoms with Gasteiger partial charge in [0.2, 0.25) is 5.91 Å². The van der Waals surface area contributed by atoms with Crippen LogP contribution in [0.3, 0.4) is 0 Å². The zero-order chi connectivity index (χ0) is 19.2. The number of anilines is 1. The molecular formula is C18H15FN4O3S. The molecule has 0 saturated carbocycles. The Labute approximate surface area is 158 Å². The Morgan fingerprint density at radius 1 is 1.11 bits per heavy atom. The van der Waals surface area contributed by atoms with Crippen LogP contribution in [0.25, 0.3) is 11.5 Å². The number of carbonyl (C=O) groups is 2. The molecule has 1 aromatic heterocycles. The first-order valence-corrected chi connectivity index (χ1v) is 8.88. The van der Waals surface area contributed by atoms with Gasteiger partial charge >= 0.3 is 0 Å². The Morgan fingerprint density at radius 3 is 2.56 bits per heavy atom. The van der Waals surface area contributed by atoms with Crippen LogP contribution in [-0.2, 0) is 4.79 Å². The minimum Gasteiger partial charge on any atom is -0.411 e. The summed E-state index contributed by atoms with van der Waals surface area (Å²) >= 11 is 1.04. The molecule has 0 aliphatic heterocycles. The largest absolute Gasteiger partial charge is 0.411 e. The maximum absolute atomic E-state index is 13.7. The van der Waals surface area contributed by atoms with Crippen LogP contribution in [-0.4, -0.2) is 34.8 Å². The van der Waals surface area contributed by atoms with Gasteiger partial charge in [-0.15, -0.1) is 10.2 Å². The summed E-state index contributed by atoms with van der Waals surface area (Å²) < 4.78 is 19.1. The van der Waals surface area contributed by atoms with E-state index in [0.717, 1.165) is 11.8 Å². The molecule has 2 aromatic carbocycles. The number of hydrogen-bond donors (Lipinski definition) is 2. The van der Waals surface area contributed by atoms with Gasteiger partial charge < -0.3 is 15.1 Å². The Morgan fingerprint density at radius 2 is 1.85 bits per heavy atom. The Bertz CT molecular complexity index is 959. The zero-order valence-electron chi connectivity index (χ0n) is 14.2. The molecule has 27 heavy (non-hydrogen) atoms. The highest BCUT2D eigenvalue weighted by Crippen LogP contribution is 2.25. The Kier molecular flexibility index (Phi) is 5.82. The van der Waals surface area contributed by atoms with E-state index in [-0.39, 0.29) is 34.2 Å². The lowest BCUT2D eigenvalue weighted by atomic mass is 10.2. The maximum atomic E-state index is 13.7. The van der Waals surface area contributed by atoms with Gasteiger partial charge in [0.15, 0.2) is 0 Å². The second kappa shape index (κ2) is 8.45. The van der Waals surface area contributed by atoms with Crippen LogP contribution in [0.2, 0.25) is 0 Å². The molecule has 0 bridgehead atoms. The van der Waals surface area contributed by atoms with Crippen molar-refractivity contribution in [3.8, 4) is 11.5 Å². The standard InChI is InChI=1S/C18H15FN4O3S/c1-20-16(25)11-6-8-12(9-7-11)21-15(24)10-27-18-23-22-17(26-18)13-4-2-3-5-14(13)19/h2-9H,10H2,1H3,(H,20,25)(H,21,24). The monoisotopic (exact) mass is 386 g/mol. The minimum absolute atomic E-state index is 0.0378. The molecule has 3 aromatic rings. The van der Waals surface area contributed by atoms with E-state index in [4.69, 9.17) is 4.42 Å². The van der Waals surface area contributed by atoms with E-state index in [1.807, 2.05) is 0 Å². The fourth-order valence-corrected chi connectivity index (χ4v) is 2.75. The summed E-state index contributed by atoms with van der Waals surface area (Å²) in [4.78, 5) is 23.5. The van der Waals surface area contributed by atoms with Crippen molar-refractivity contribution in [3.63, 3.8) is 0 Å². The smallest absolute Gasteiger partial charge is 0.277 e. The average Bonchev–Trinajstić information content (AvgIpc) is 3.15. The lowest BCUT2D eigenvalue weighted by molar-refractivity contribution is -0.113.